The monoisotopic (exact) mass is 1020 g/mol. The van der Waals surface area contributed by atoms with Crippen LogP contribution in [0.3, 0.4) is 0 Å². The van der Waals surface area contributed by atoms with E-state index in [1.807, 2.05) is 18.2 Å². The number of halogens is 2. The first-order valence-electron chi connectivity index (χ1n) is 24.1. The first-order chi connectivity index (χ1) is 30.1. The Morgan fingerprint density at radius 2 is 0.778 bits per heavy atom. The van der Waals surface area contributed by atoms with E-state index in [9.17, 15) is 14.4 Å². The van der Waals surface area contributed by atoms with Crippen molar-refractivity contribution in [1.82, 2.24) is 0 Å². The standard InChI is InChI=1S/C51H64Cl2O9Te/c1-49(35-13-29-10-30(15-35)16-36(49)14-29)60-46(54)26-57-41-4-6-42(7-5-41)63(52,53)43-8-9-44(58-27-47(55)61-50(2)37-17-31-11-32(19-37)20-38(50)18-31)45(25-43)59-28-48(56)62-51(3)39-21-33-12-34(23-39)24-40(51)22-33/h4-9,25,29-40H,10-24,26-28H2,1-3H3. The van der Waals surface area contributed by atoms with Crippen LogP contribution in [-0.2, 0) is 28.6 Å². The van der Waals surface area contributed by atoms with Crippen LogP contribution in [0, 0.1) is 71.0 Å². The molecule has 12 aliphatic rings. The normalized spacial score (nSPS) is 41.3. The summed E-state index contributed by atoms with van der Waals surface area (Å²) in [4.78, 5) is 40.3. The van der Waals surface area contributed by atoms with Gasteiger partial charge in [0.1, 0.15) is 0 Å². The molecule has 12 bridgehead atoms. The van der Waals surface area contributed by atoms with Crippen molar-refractivity contribution in [2.75, 3.05) is 19.8 Å². The SMILES string of the molecule is CC1(OC(=O)COc2ccc([Te](Cl)(Cl)c3ccc(OCC(=O)OC4(C)C5CC6CC(C5)CC4C6)c(OCC(=O)OC4(C)C5CC6CC(C5)CC4C6)c3)cc2)C2CC3CC(C2)CC1C3. The molecule has 0 aliphatic heterocycles. The summed E-state index contributed by atoms with van der Waals surface area (Å²) in [5.41, 5.74) is -1.38. The van der Waals surface area contributed by atoms with Crippen molar-refractivity contribution in [2.24, 2.45) is 71.0 Å². The fraction of sp³-hybridized carbons (Fsp3) is 0.706. The number of benzene rings is 2. The molecule has 2 aromatic rings. The number of esters is 3. The van der Waals surface area contributed by atoms with Crippen LogP contribution < -0.4 is 21.4 Å². The van der Waals surface area contributed by atoms with Crippen LogP contribution in [0.15, 0.2) is 42.5 Å². The molecule has 2 aromatic carbocycles. The van der Waals surface area contributed by atoms with Gasteiger partial charge < -0.3 is 0 Å². The molecule has 12 aliphatic carbocycles. The molecule has 12 fully saturated rings. The van der Waals surface area contributed by atoms with Gasteiger partial charge in [-0.15, -0.1) is 0 Å². The second-order valence-electron chi connectivity index (χ2n) is 22.3. The van der Waals surface area contributed by atoms with Crippen LogP contribution in [0.2, 0.25) is 0 Å². The van der Waals surface area contributed by atoms with Crippen LogP contribution in [0.5, 0.6) is 17.2 Å². The maximum atomic E-state index is 13.6. The van der Waals surface area contributed by atoms with Gasteiger partial charge in [-0.1, -0.05) is 0 Å². The molecule has 0 atom stereocenters. The molecule has 0 N–H and O–H groups in total. The molecule has 0 unspecified atom stereocenters. The van der Waals surface area contributed by atoms with Crippen molar-refractivity contribution in [1.29, 1.82) is 0 Å². The first kappa shape index (κ1) is 43.2. The first-order valence-corrected chi connectivity index (χ1v) is 32.4. The van der Waals surface area contributed by atoms with E-state index in [1.165, 1.54) is 19.3 Å². The van der Waals surface area contributed by atoms with Gasteiger partial charge in [0.15, 0.2) is 0 Å². The van der Waals surface area contributed by atoms with Crippen LogP contribution in [-0.4, -0.2) is 70.5 Å². The average molecular weight is 1020 g/mol. The third-order valence-electron chi connectivity index (χ3n) is 18.7. The molecule has 0 heterocycles. The molecular formula is C51H64Cl2O9Te. The molecule has 0 aromatic heterocycles. The zero-order chi connectivity index (χ0) is 43.5. The molecule has 63 heavy (non-hydrogen) atoms. The van der Waals surface area contributed by atoms with Crippen molar-refractivity contribution >= 4 is 59.0 Å². The number of carbonyl (C=O) groups is 3. The number of ether oxygens (including phenoxy) is 6. The quantitative estimate of drug-likeness (QED) is 0.104. The van der Waals surface area contributed by atoms with Crippen LogP contribution in [0.1, 0.15) is 117 Å². The predicted octanol–water partition coefficient (Wildman–Crippen LogP) is 9.13. The van der Waals surface area contributed by atoms with Gasteiger partial charge in [0.2, 0.25) is 0 Å². The van der Waals surface area contributed by atoms with Crippen molar-refractivity contribution in [3.8, 4) is 17.2 Å². The van der Waals surface area contributed by atoms with Gasteiger partial charge in [-0.25, -0.2) is 0 Å². The van der Waals surface area contributed by atoms with Gasteiger partial charge in [-0.05, 0) is 12.8 Å². The molecule has 0 radical (unpaired) electrons. The predicted molar refractivity (Wildman–Crippen MR) is 241 cm³/mol. The summed E-state index contributed by atoms with van der Waals surface area (Å²) in [6.07, 6.45) is 17.6. The van der Waals surface area contributed by atoms with E-state index in [4.69, 9.17) is 46.3 Å². The number of carbonyl (C=O) groups excluding carboxylic acids is 3. The van der Waals surface area contributed by atoms with Crippen LogP contribution in [0.25, 0.3) is 0 Å². The summed E-state index contributed by atoms with van der Waals surface area (Å²) < 4.78 is 38.6. The zero-order valence-corrected chi connectivity index (χ0v) is 40.9. The topological polar surface area (TPSA) is 107 Å². The molecule has 9 nitrogen and oxygen atoms in total. The summed E-state index contributed by atoms with van der Waals surface area (Å²) in [6, 6.07) is 12.5. The van der Waals surface area contributed by atoms with Crippen LogP contribution >= 0.6 is 17.9 Å². The van der Waals surface area contributed by atoms with Crippen molar-refractivity contribution in [2.45, 2.75) is 134 Å². The minimum absolute atomic E-state index is 0.170. The van der Waals surface area contributed by atoms with E-state index in [0.29, 0.717) is 50.6 Å². The second kappa shape index (κ2) is 16.2. The van der Waals surface area contributed by atoms with Crippen molar-refractivity contribution < 1.29 is 42.8 Å². The summed E-state index contributed by atoms with van der Waals surface area (Å²) >= 11 is -4.08. The average Bonchev–Trinajstić information content (AvgIpc) is 3.24. The number of hydrogen-bond acceptors (Lipinski definition) is 9. The molecule has 0 spiro atoms. The Kier molecular flexibility index (Phi) is 11.1. The zero-order valence-electron chi connectivity index (χ0n) is 37.0. The Balaban J connectivity index is 0.762. The van der Waals surface area contributed by atoms with Gasteiger partial charge in [-0.2, -0.15) is 0 Å². The van der Waals surface area contributed by atoms with E-state index in [2.05, 4.69) is 20.8 Å². The van der Waals surface area contributed by atoms with Gasteiger partial charge >= 0.3 is 373 Å². The Morgan fingerprint density at radius 1 is 0.460 bits per heavy atom. The fourth-order valence-electron chi connectivity index (χ4n) is 15.8. The number of hydrogen-bond donors (Lipinski definition) is 0. The Hall–Kier alpha value is -2.38. The Morgan fingerprint density at radius 3 is 1.14 bits per heavy atom. The van der Waals surface area contributed by atoms with Crippen LogP contribution in [0.4, 0.5) is 0 Å². The molecule has 342 valence electrons. The molecule has 12 heteroatoms. The summed E-state index contributed by atoms with van der Waals surface area (Å²) in [5, 5.41) is 0. The van der Waals surface area contributed by atoms with Gasteiger partial charge in [-0.3, -0.25) is 0 Å². The molecule has 12 saturated carbocycles. The van der Waals surface area contributed by atoms with E-state index in [1.54, 1.807) is 24.3 Å². The summed E-state index contributed by atoms with van der Waals surface area (Å²) in [5.74, 6) is 6.93. The minimum atomic E-state index is -4.08. The summed E-state index contributed by atoms with van der Waals surface area (Å²) in [6.45, 7) is 5.60. The Labute approximate surface area is 383 Å². The third kappa shape index (κ3) is 7.87. The molecular weight excluding hydrogens is 955 g/mol. The van der Waals surface area contributed by atoms with E-state index >= 15 is 0 Å². The van der Waals surface area contributed by atoms with E-state index in [0.717, 1.165) is 116 Å². The Bertz CT molecular complexity index is 2040. The van der Waals surface area contributed by atoms with Gasteiger partial charge in [0.25, 0.3) is 0 Å². The molecule has 0 amide bonds. The van der Waals surface area contributed by atoms with Crippen molar-refractivity contribution in [3.63, 3.8) is 0 Å². The second-order valence-corrected chi connectivity index (χ2v) is 34.9. The van der Waals surface area contributed by atoms with Gasteiger partial charge in [0.05, 0.1) is 0 Å². The molecule has 14 rings (SSSR count). The fourth-order valence-corrected chi connectivity index (χ4v) is 22.0. The number of rotatable bonds is 14. The van der Waals surface area contributed by atoms with E-state index in [-0.39, 0.29) is 31.5 Å². The van der Waals surface area contributed by atoms with Gasteiger partial charge in [0, 0.05) is 0 Å². The maximum absolute atomic E-state index is 13.6. The van der Waals surface area contributed by atoms with E-state index < -0.39 is 44.7 Å². The summed E-state index contributed by atoms with van der Waals surface area (Å²) in [7, 11) is 14.7. The third-order valence-corrected chi connectivity index (χ3v) is 28.3. The van der Waals surface area contributed by atoms with Crippen molar-refractivity contribution in [3.05, 3.63) is 42.5 Å². The molecule has 0 saturated heterocycles.